The van der Waals surface area contributed by atoms with E-state index >= 15 is 0 Å². The first-order chi connectivity index (χ1) is 14.6. The van der Waals surface area contributed by atoms with Crippen LogP contribution in [-0.2, 0) is 0 Å². The van der Waals surface area contributed by atoms with Crippen molar-refractivity contribution < 1.29 is 14.3 Å². The third kappa shape index (κ3) is 5.62. The summed E-state index contributed by atoms with van der Waals surface area (Å²) in [6.07, 6.45) is 7.68. The summed E-state index contributed by atoms with van der Waals surface area (Å²) >= 11 is 0. The summed E-state index contributed by atoms with van der Waals surface area (Å²) in [5.74, 6) is 0.486. The standard InChI is InChI=1S/C25H32N2O3/c1-3-4-18-30-21-16-14-19(15-17-21)25(29)27(2)23-13-9-8-12-22(23)24(28)26-20-10-6-5-7-11-20/h8-9,12-17,20H,3-7,10-11,18H2,1-2H3,(H,26,28). The molecule has 1 fully saturated rings. The van der Waals surface area contributed by atoms with Gasteiger partial charge in [0.05, 0.1) is 17.9 Å². The fourth-order valence-electron chi connectivity index (χ4n) is 3.80. The highest BCUT2D eigenvalue weighted by atomic mass is 16.5. The van der Waals surface area contributed by atoms with Crippen molar-refractivity contribution in [3.63, 3.8) is 0 Å². The summed E-state index contributed by atoms with van der Waals surface area (Å²) in [4.78, 5) is 27.5. The zero-order valence-corrected chi connectivity index (χ0v) is 18.0. The van der Waals surface area contributed by atoms with Gasteiger partial charge in [-0.25, -0.2) is 0 Å². The molecule has 0 atom stereocenters. The molecular formula is C25H32N2O3. The van der Waals surface area contributed by atoms with E-state index in [-0.39, 0.29) is 17.9 Å². The third-order valence-corrected chi connectivity index (χ3v) is 5.62. The maximum absolute atomic E-state index is 13.0. The van der Waals surface area contributed by atoms with E-state index in [9.17, 15) is 9.59 Å². The molecule has 160 valence electrons. The molecule has 0 saturated heterocycles. The van der Waals surface area contributed by atoms with Gasteiger partial charge >= 0.3 is 0 Å². The lowest BCUT2D eigenvalue weighted by Gasteiger charge is -2.25. The molecule has 3 rings (SSSR count). The second kappa shape index (κ2) is 10.8. The molecule has 2 amide bonds. The van der Waals surface area contributed by atoms with Gasteiger partial charge in [-0.3, -0.25) is 9.59 Å². The van der Waals surface area contributed by atoms with Crippen molar-refractivity contribution in [2.75, 3.05) is 18.6 Å². The highest BCUT2D eigenvalue weighted by molar-refractivity contribution is 6.10. The Hall–Kier alpha value is -2.82. The zero-order valence-electron chi connectivity index (χ0n) is 18.0. The summed E-state index contributed by atoms with van der Waals surface area (Å²) in [7, 11) is 1.71. The average molecular weight is 409 g/mol. The molecule has 2 aromatic carbocycles. The molecule has 1 aliphatic carbocycles. The highest BCUT2D eigenvalue weighted by Crippen LogP contribution is 2.24. The molecule has 30 heavy (non-hydrogen) atoms. The van der Waals surface area contributed by atoms with E-state index in [0.717, 1.165) is 44.3 Å². The van der Waals surface area contributed by atoms with Crippen molar-refractivity contribution in [2.45, 2.75) is 57.9 Å². The van der Waals surface area contributed by atoms with E-state index in [2.05, 4.69) is 12.2 Å². The van der Waals surface area contributed by atoms with Crippen LogP contribution in [0.25, 0.3) is 0 Å². The third-order valence-electron chi connectivity index (χ3n) is 5.62. The van der Waals surface area contributed by atoms with Gasteiger partial charge in [0, 0.05) is 18.7 Å². The molecule has 0 aromatic heterocycles. The Morgan fingerprint density at radius 3 is 2.43 bits per heavy atom. The van der Waals surface area contributed by atoms with Crippen LogP contribution in [0.2, 0.25) is 0 Å². The van der Waals surface area contributed by atoms with Crippen LogP contribution < -0.4 is 15.0 Å². The Bertz CT molecular complexity index is 842. The van der Waals surface area contributed by atoms with Crippen LogP contribution in [0.4, 0.5) is 5.69 Å². The maximum Gasteiger partial charge on any atom is 0.258 e. The van der Waals surface area contributed by atoms with E-state index in [4.69, 9.17) is 4.74 Å². The SMILES string of the molecule is CCCCOc1ccc(C(=O)N(C)c2ccccc2C(=O)NC2CCCCC2)cc1. The van der Waals surface area contributed by atoms with E-state index in [0.29, 0.717) is 23.4 Å². The Balaban J connectivity index is 1.70. The summed E-state index contributed by atoms with van der Waals surface area (Å²) in [5.41, 5.74) is 1.69. The van der Waals surface area contributed by atoms with E-state index in [1.807, 2.05) is 30.3 Å². The second-order valence-electron chi connectivity index (χ2n) is 7.92. The largest absolute Gasteiger partial charge is 0.494 e. The van der Waals surface area contributed by atoms with Gasteiger partial charge in [0.15, 0.2) is 0 Å². The smallest absolute Gasteiger partial charge is 0.258 e. The number of hydrogen-bond acceptors (Lipinski definition) is 3. The number of nitrogens with zero attached hydrogens (tertiary/aromatic N) is 1. The minimum absolute atomic E-state index is 0.114. The van der Waals surface area contributed by atoms with Crippen molar-refractivity contribution in [3.05, 3.63) is 59.7 Å². The first-order valence-electron chi connectivity index (χ1n) is 11.0. The molecule has 0 unspecified atom stereocenters. The van der Waals surface area contributed by atoms with Gasteiger partial charge in [-0.15, -0.1) is 0 Å². The quantitative estimate of drug-likeness (QED) is 0.611. The predicted octanol–water partition coefficient (Wildman–Crippen LogP) is 5.20. The topological polar surface area (TPSA) is 58.6 Å². The lowest BCUT2D eigenvalue weighted by atomic mass is 9.95. The fourth-order valence-corrected chi connectivity index (χ4v) is 3.80. The number of nitrogens with one attached hydrogen (secondary N) is 1. The Kier molecular flexibility index (Phi) is 7.89. The molecule has 5 heteroatoms. The first kappa shape index (κ1) is 21.9. The van der Waals surface area contributed by atoms with E-state index in [1.54, 1.807) is 30.1 Å². The molecule has 0 spiro atoms. The highest BCUT2D eigenvalue weighted by Gasteiger charge is 2.22. The van der Waals surface area contributed by atoms with Crippen molar-refractivity contribution in [2.24, 2.45) is 0 Å². The Labute approximate surface area is 179 Å². The predicted molar refractivity (Wildman–Crippen MR) is 120 cm³/mol. The van der Waals surface area contributed by atoms with Crippen molar-refractivity contribution in [3.8, 4) is 5.75 Å². The molecule has 5 nitrogen and oxygen atoms in total. The number of carbonyl (C=O) groups excluding carboxylic acids is 2. The molecule has 1 saturated carbocycles. The van der Waals surface area contributed by atoms with Crippen LogP contribution in [-0.4, -0.2) is 31.5 Å². The Morgan fingerprint density at radius 2 is 1.73 bits per heavy atom. The number of amides is 2. The minimum atomic E-state index is -0.159. The first-order valence-corrected chi connectivity index (χ1v) is 11.0. The number of anilines is 1. The molecule has 2 aromatic rings. The van der Waals surface area contributed by atoms with Crippen molar-refractivity contribution in [1.82, 2.24) is 5.32 Å². The molecule has 0 radical (unpaired) electrons. The summed E-state index contributed by atoms with van der Waals surface area (Å²) in [5, 5.41) is 3.15. The van der Waals surface area contributed by atoms with Crippen LogP contribution in [0.15, 0.2) is 48.5 Å². The number of benzene rings is 2. The summed E-state index contributed by atoms with van der Waals surface area (Å²) < 4.78 is 5.67. The van der Waals surface area contributed by atoms with Gasteiger partial charge in [-0.2, -0.15) is 0 Å². The molecule has 1 aliphatic rings. The summed E-state index contributed by atoms with van der Waals surface area (Å²) in [6.45, 7) is 2.79. The van der Waals surface area contributed by atoms with Crippen LogP contribution >= 0.6 is 0 Å². The lowest BCUT2D eigenvalue weighted by Crippen LogP contribution is -2.37. The molecule has 0 bridgehead atoms. The molecule has 0 heterocycles. The average Bonchev–Trinajstić information content (AvgIpc) is 2.79. The van der Waals surface area contributed by atoms with Crippen LogP contribution in [0.3, 0.4) is 0 Å². The number of hydrogen-bond donors (Lipinski definition) is 1. The van der Waals surface area contributed by atoms with Gasteiger partial charge in [0.2, 0.25) is 0 Å². The van der Waals surface area contributed by atoms with Crippen LogP contribution in [0, 0.1) is 0 Å². The number of carbonyl (C=O) groups is 2. The van der Waals surface area contributed by atoms with E-state index < -0.39 is 0 Å². The number of unbranched alkanes of at least 4 members (excludes halogenated alkanes) is 1. The molecular weight excluding hydrogens is 376 g/mol. The lowest BCUT2D eigenvalue weighted by molar-refractivity contribution is 0.0928. The molecule has 1 N–H and O–H groups in total. The Morgan fingerprint density at radius 1 is 1.03 bits per heavy atom. The van der Waals surface area contributed by atoms with Gasteiger partial charge in [0.25, 0.3) is 11.8 Å². The van der Waals surface area contributed by atoms with Crippen molar-refractivity contribution in [1.29, 1.82) is 0 Å². The molecule has 0 aliphatic heterocycles. The number of ether oxygens (including phenoxy) is 1. The normalized spacial score (nSPS) is 14.2. The van der Waals surface area contributed by atoms with Gasteiger partial charge < -0.3 is 15.0 Å². The zero-order chi connectivity index (χ0) is 21.3. The fraction of sp³-hybridized carbons (Fsp3) is 0.440. The summed E-state index contributed by atoms with van der Waals surface area (Å²) in [6, 6.07) is 14.7. The maximum atomic E-state index is 13.0. The minimum Gasteiger partial charge on any atom is -0.494 e. The van der Waals surface area contributed by atoms with E-state index in [1.165, 1.54) is 6.42 Å². The second-order valence-corrected chi connectivity index (χ2v) is 7.92. The number of para-hydroxylation sites is 1. The van der Waals surface area contributed by atoms with Crippen LogP contribution in [0.5, 0.6) is 5.75 Å². The monoisotopic (exact) mass is 408 g/mol. The van der Waals surface area contributed by atoms with Crippen LogP contribution in [0.1, 0.15) is 72.6 Å². The number of rotatable bonds is 8. The van der Waals surface area contributed by atoms with Gasteiger partial charge in [-0.05, 0) is 55.7 Å². The van der Waals surface area contributed by atoms with Crippen molar-refractivity contribution >= 4 is 17.5 Å². The van der Waals surface area contributed by atoms with Gasteiger partial charge in [0.1, 0.15) is 5.75 Å². The van der Waals surface area contributed by atoms with Gasteiger partial charge in [-0.1, -0.05) is 44.7 Å².